The highest BCUT2D eigenvalue weighted by Crippen LogP contribution is 2.07. The van der Waals surface area contributed by atoms with Crippen LogP contribution in [0.3, 0.4) is 0 Å². The van der Waals surface area contributed by atoms with E-state index in [9.17, 15) is 4.79 Å². The summed E-state index contributed by atoms with van der Waals surface area (Å²) in [4.78, 5) is 12.8. The molecule has 3 nitrogen and oxygen atoms in total. The summed E-state index contributed by atoms with van der Waals surface area (Å²) >= 11 is 4.08. The number of urea groups is 1. The van der Waals surface area contributed by atoms with Gasteiger partial charge in [0.25, 0.3) is 0 Å². The van der Waals surface area contributed by atoms with Crippen molar-refractivity contribution in [2.75, 3.05) is 0 Å². The molecule has 0 aromatic rings. The minimum Gasteiger partial charge on any atom is -0.323 e. The fraction of sp³-hybridized carbons (Fsp3) is 0.571. The van der Waals surface area contributed by atoms with E-state index in [0.29, 0.717) is 0 Å². The SMILES string of the molecule is CC(C)N1C=CC(S)NC1=O. The predicted molar refractivity (Wildman–Crippen MR) is 47.4 cm³/mol. The molecule has 0 bridgehead atoms. The molecule has 2 amide bonds. The molecule has 0 saturated heterocycles. The molecule has 4 heteroatoms. The van der Waals surface area contributed by atoms with Gasteiger partial charge >= 0.3 is 6.03 Å². The summed E-state index contributed by atoms with van der Waals surface area (Å²) in [6, 6.07) is 0.120. The second kappa shape index (κ2) is 3.17. The summed E-state index contributed by atoms with van der Waals surface area (Å²) in [7, 11) is 0. The molecule has 0 aliphatic carbocycles. The Morgan fingerprint density at radius 3 is 2.82 bits per heavy atom. The molecule has 0 fully saturated rings. The largest absolute Gasteiger partial charge is 0.323 e. The van der Waals surface area contributed by atoms with Gasteiger partial charge in [0.2, 0.25) is 0 Å². The highest BCUT2D eigenvalue weighted by molar-refractivity contribution is 7.81. The number of nitrogens with one attached hydrogen (secondary N) is 1. The van der Waals surface area contributed by atoms with Gasteiger partial charge in [0.15, 0.2) is 0 Å². The van der Waals surface area contributed by atoms with Crippen LogP contribution in [0.1, 0.15) is 13.8 Å². The van der Waals surface area contributed by atoms with Crippen LogP contribution in [0.15, 0.2) is 12.3 Å². The Morgan fingerprint density at radius 2 is 2.36 bits per heavy atom. The maximum Gasteiger partial charge on any atom is 0.322 e. The molecule has 1 N–H and O–H groups in total. The lowest BCUT2D eigenvalue weighted by Gasteiger charge is -2.28. The van der Waals surface area contributed by atoms with Crippen molar-refractivity contribution in [2.45, 2.75) is 25.3 Å². The molecule has 1 aliphatic rings. The molecule has 0 aromatic heterocycles. The third-order valence-corrected chi connectivity index (χ3v) is 1.79. The molecule has 1 heterocycles. The fourth-order valence-corrected chi connectivity index (χ4v) is 1.09. The number of hydrogen-bond acceptors (Lipinski definition) is 2. The van der Waals surface area contributed by atoms with E-state index in [0.717, 1.165) is 0 Å². The molecule has 1 atom stereocenters. The number of nitrogens with zero attached hydrogens (tertiary/aromatic N) is 1. The van der Waals surface area contributed by atoms with Gasteiger partial charge in [-0.3, -0.25) is 4.90 Å². The van der Waals surface area contributed by atoms with Crippen molar-refractivity contribution in [3.63, 3.8) is 0 Å². The van der Waals surface area contributed by atoms with Crippen molar-refractivity contribution < 1.29 is 4.79 Å². The van der Waals surface area contributed by atoms with E-state index in [1.54, 1.807) is 11.1 Å². The van der Waals surface area contributed by atoms with Gasteiger partial charge in [-0.15, -0.1) is 0 Å². The average molecular weight is 172 g/mol. The van der Waals surface area contributed by atoms with Gasteiger partial charge in [-0.2, -0.15) is 12.6 Å². The second-order valence-corrected chi connectivity index (χ2v) is 3.29. The molecule has 0 aromatic carbocycles. The van der Waals surface area contributed by atoms with Crippen LogP contribution in [-0.4, -0.2) is 22.3 Å². The van der Waals surface area contributed by atoms with Crippen LogP contribution >= 0.6 is 12.6 Å². The van der Waals surface area contributed by atoms with Gasteiger partial charge < -0.3 is 5.32 Å². The third-order valence-electron chi connectivity index (χ3n) is 1.49. The van der Waals surface area contributed by atoms with E-state index >= 15 is 0 Å². The maximum absolute atomic E-state index is 11.2. The first-order chi connectivity index (χ1) is 5.11. The predicted octanol–water partition coefficient (Wildman–Crippen LogP) is 1.19. The van der Waals surface area contributed by atoms with Gasteiger partial charge in [0.05, 0.1) is 5.37 Å². The quantitative estimate of drug-likeness (QED) is 0.572. The summed E-state index contributed by atoms with van der Waals surface area (Å²) in [6.07, 6.45) is 3.60. The minimum atomic E-state index is -0.141. The zero-order valence-electron chi connectivity index (χ0n) is 6.61. The van der Waals surface area contributed by atoms with Gasteiger partial charge in [0, 0.05) is 12.2 Å². The van der Waals surface area contributed by atoms with Crippen LogP contribution in [0, 0.1) is 0 Å². The lowest BCUT2D eigenvalue weighted by Crippen LogP contribution is -2.46. The van der Waals surface area contributed by atoms with Crippen LogP contribution in [0.25, 0.3) is 0 Å². The number of rotatable bonds is 1. The molecule has 1 aliphatic heterocycles. The Hall–Kier alpha value is -0.640. The molecule has 0 radical (unpaired) electrons. The Kier molecular flexibility index (Phi) is 2.44. The van der Waals surface area contributed by atoms with E-state index in [2.05, 4.69) is 17.9 Å². The van der Waals surface area contributed by atoms with E-state index in [1.165, 1.54) is 0 Å². The summed E-state index contributed by atoms with van der Waals surface area (Å²) < 4.78 is 0. The molecule has 11 heavy (non-hydrogen) atoms. The van der Waals surface area contributed by atoms with Gasteiger partial charge in [-0.1, -0.05) is 0 Å². The average Bonchev–Trinajstić information content (AvgIpc) is 1.85. The van der Waals surface area contributed by atoms with Crippen LogP contribution in [0.2, 0.25) is 0 Å². The highest BCUT2D eigenvalue weighted by atomic mass is 32.1. The fourth-order valence-electron chi connectivity index (χ4n) is 0.898. The Labute approximate surface area is 71.9 Å². The van der Waals surface area contributed by atoms with Crippen molar-refractivity contribution in [2.24, 2.45) is 0 Å². The summed E-state index contributed by atoms with van der Waals surface area (Å²) in [6.45, 7) is 3.92. The Morgan fingerprint density at radius 1 is 1.73 bits per heavy atom. The van der Waals surface area contributed by atoms with Crippen LogP contribution in [0.5, 0.6) is 0 Å². The van der Waals surface area contributed by atoms with Crippen LogP contribution in [0.4, 0.5) is 4.79 Å². The van der Waals surface area contributed by atoms with Crippen molar-refractivity contribution in [1.29, 1.82) is 0 Å². The van der Waals surface area contributed by atoms with E-state index < -0.39 is 0 Å². The Bertz CT molecular complexity index is 191. The summed E-state index contributed by atoms with van der Waals surface area (Å²) in [5.41, 5.74) is 0. The number of hydrogen-bond donors (Lipinski definition) is 2. The van der Waals surface area contributed by atoms with Crippen molar-refractivity contribution in [1.82, 2.24) is 10.2 Å². The van der Waals surface area contributed by atoms with Crippen LogP contribution < -0.4 is 5.32 Å². The zero-order chi connectivity index (χ0) is 8.43. The number of carbonyl (C=O) groups is 1. The molecule has 0 spiro atoms. The van der Waals surface area contributed by atoms with Gasteiger partial charge in [-0.05, 0) is 19.9 Å². The monoisotopic (exact) mass is 172 g/mol. The zero-order valence-corrected chi connectivity index (χ0v) is 7.51. The lowest BCUT2D eigenvalue weighted by atomic mass is 10.3. The van der Waals surface area contributed by atoms with Gasteiger partial charge in [-0.25, -0.2) is 4.79 Å². The Balaban J connectivity index is 2.68. The van der Waals surface area contributed by atoms with Crippen molar-refractivity contribution >= 4 is 18.7 Å². The minimum absolute atomic E-state index is 0.0810. The topological polar surface area (TPSA) is 32.3 Å². The highest BCUT2D eigenvalue weighted by Gasteiger charge is 2.19. The molecule has 62 valence electrons. The second-order valence-electron chi connectivity index (χ2n) is 2.74. The van der Waals surface area contributed by atoms with Crippen molar-refractivity contribution in [3.8, 4) is 0 Å². The molecule has 1 unspecified atom stereocenters. The third kappa shape index (κ3) is 1.89. The summed E-state index contributed by atoms with van der Waals surface area (Å²) in [5, 5.41) is 2.53. The standard InChI is InChI=1S/C7H12N2OS/c1-5(2)9-4-3-6(11)8-7(9)10/h3-6,11H,1-2H3,(H,8,10). The van der Waals surface area contributed by atoms with E-state index in [-0.39, 0.29) is 17.4 Å². The maximum atomic E-state index is 11.2. The molecular weight excluding hydrogens is 160 g/mol. The number of thiol groups is 1. The normalized spacial score (nSPS) is 24.2. The first-order valence-electron chi connectivity index (χ1n) is 3.56. The lowest BCUT2D eigenvalue weighted by molar-refractivity contribution is 0.203. The number of carbonyl (C=O) groups excluding carboxylic acids is 1. The van der Waals surface area contributed by atoms with Crippen LogP contribution in [-0.2, 0) is 0 Å². The van der Waals surface area contributed by atoms with E-state index in [4.69, 9.17) is 0 Å². The first-order valence-corrected chi connectivity index (χ1v) is 4.08. The number of amides is 2. The first kappa shape index (κ1) is 8.46. The smallest absolute Gasteiger partial charge is 0.322 e. The van der Waals surface area contributed by atoms with Gasteiger partial charge in [0.1, 0.15) is 0 Å². The summed E-state index contributed by atoms with van der Waals surface area (Å²) in [5.74, 6) is 0. The molecule has 0 saturated carbocycles. The van der Waals surface area contributed by atoms with Crippen molar-refractivity contribution in [3.05, 3.63) is 12.3 Å². The molecular formula is C7H12N2OS. The molecule has 1 rings (SSSR count). The van der Waals surface area contributed by atoms with E-state index in [1.807, 2.05) is 19.9 Å².